The summed E-state index contributed by atoms with van der Waals surface area (Å²) in [7, 11) is 1.86. The second-order valence-electron chi connectivity index (χ2n) is 4.39. The normalized spacial score (nSPS) is 10.3. The summed E-state index contributed by atoms with van der Waals surface area (Å²) in [6.07, 6.45) is 1.72. The number of hydrogen-bond acceptors (Lipinski definition) is 3. The molecule has 1 heterocycles. The van der Waals surface area contributed by atoms with E-state index in [1.165, 1.54) is 19.1 Å². The Morgan fingerprint density at radius 2 is 2.11 bits per heavy atom. The first-order chi connectivity index (χ1) is 9.08. The number of ketones is 1. The highest BCUT2D eigenvalue weighted by Gasteiger charge is 2.12. The molecule has 0 radical (unpaired) electrons. The average molecular weight is 258 g/mol. The van der Waals surface area contributed by atoms with Crippen molar-refractivity contribution in [3.8, 4) is 0 Å². The second-order valence-corrected chi connectivity index (χ2v) is 4.39. The Kier molecular flexibility index (Phi) is 3.90. The molecule has 3 nitrogen and oxygen atoms in total. The Morgan fingerprint density at radius 3 is 2.74 bits per heavy atom. The molecule has 0 aliphatic heterocycles. The first-order valence-corrected chi connectivity index (χ1v) is 5.99. The molecule has 0 spiro atoms. The van der Waals surface area contributed by atoms with Crippen LogP contribution in [0.15, 0.2) is 42.6 Å². The van der Waals surface area contributed by atoms with Crippen LogP contribution in [0.2, 0.25) is 0 Å². The van der Waals surface area contributed by atoms with Crippen molar-refractivity contribution in [3.63, 3.8) is 0 Å². The molecule has 0 fully saturated rings. The summed E-state index contributed by atoms with van der Waals surface area (Å²) in [6.45, 7) is 2.00. The highest BCUT2D eigenvalue weighted by atomic mass is 19.1. The number of carbonyl (C=O) groups excluding carboxylic acids is 1. The van der Waals surface area contributed by atoms with Crippen LogP contribution in [0.3, 0.4) is 0 Å². The van der Waals surface area contributed by atoms with Crippen LogP contribution >= 0.6 is 0 Å². The van der Waals surface area contributed by atoms with Crippen LogP contribution in [0.4, 0.5) is 10.1 Å². The summed E-state index contributed by atoms with van der Waals surface area (Å²) in [6, 6.07) is 9.92. The van der Waals surface area contributed by atoms with Crippen LogP contribution in [-0.2, 0) is 6.54 Å². The minimum absolute atomic E-state index is 0.151. The van der Waals surface area contributed by atoms with Crippen molar-refractivity contribution >= 4 is 11.5 Å². The minimum Gasteiger partial charge on any atom is -0.368 e. The van der Waals surface area contributed by atoms with E-state index in [4.69, 9.17) is 0 Å². The molecule has 0 N–H and O–H groups in total. The van der Waals surface area contributed by atoms with E-state index in [2.05, 4.69) is 4.98 Å². The van der Waals surface area contributed by atoms with Crippen LogP contribution in [0.1, 0.15) is 23.0 Å². The first kappa shape index (κ1) is 13.2. The molecule has 0 saturated heterocycles. The fourth-order valence-corrected chi connectivity index (χ4v) is 1.94. The van der Waals surface area contributed by atoms with Crippen molar-refractivity contribution in [2.24, 2.45) is 0 Å². The molecular formula is C15H15FN2O. The maximum absolute atomic E-state index is 13.2. The molecule has 0 atom stereocenters. The molecule has 19 heavy (non-hydrogen) atoms. The number of hydrogen-bond donors (Lipinski definition) is 0. The lowest BCUT2D eigenvalue weighted by atomic mass is 10.1. The maximum atomic E-state index is 13.2. The summed E-state index contributed by atoms with van der Waals surface area (Å²) in [5, 5.41) is 0. The lowest BCUT2D eigenvalue weighted by Crippen LogP contribution is -2.19. The van der Waals surface area contributed by atoms with Crippen molar-refractivity contribution in [2.75, 3.05) is 11.9 Å². The van der Waals surface area contributed by atoms with Gasteiger partial charge in [0.05, 0.1) is 12.2 Å². The van der Waals surface area contributed by atoms with E-state index in [1.54, 1.807) is 12.3 Å². The number of pyridine rings is 1. The fourth-order valence-electron chi connectivity index (χ4n) is 1.94. The number of halogens is 1. The lowest BCUT2D eigenvalue weighted by molar-refractivity contribution is 0.101. The number of benzene rings is 1. The summed E-state index contributed by atoms with van der Waals surface area (Å²) in [5.41, 5.74) is 1.99. The van der Waals surface area contributed by atoms with Crippen LogP contribution in [0.25, 0.3) is 0 Å². The highest BCUT2D eigenvalue weighted by Crippen LogP contribution is 2.22. The van der Waals surface area contributed by atoms with Gasteiger partial charge in [0.1, 0.15) is 5.82 Å². The molecule has 4 heteroatoms. The number of nitrogens with zero attached hydrogens (tertiary/aromatic N) is 2. The third kappa shape index (κ3) is 3.16. The molecular weight excluding hydrogens is 243 g/mol. The summed E-state index contributed by atoms with van der Waals surface area (Å²) >= 11 is 0. The minimum atomic E-state index is -0.403. The van der Waals surface area contributed by atoms with Gasteiger partial charge in [0.2, 0.25) is 0 Å². The Balaban J connectivity index is 2.28. The van der Waals surface area contributed by atoms with Gasteiger partial charge in [0.25, 0.3) is 0 Å². The van der Waals surface area contributed by atoms with Gasteiger partial charge in [0.15, 0.2) is 5.78 Å². The molecule has 0 saturated carbocycles. The van der Waals surface area contributed by atoms with Gasteiger partial charge in [0, 0.05) is 24.5 Å². The number of rotatable bonds is 4. The van der Waals surface area contributed by atoms with E-state index in [-0.39, 0.29) is 5.78 Å². The molecule has 0 aliphatic carbocycles. The molecule has 98 valence electrons. The molecule has 0 aliphatic rings. The predicted molar refractivity (Wildman–Crippen MR) is 72.7 cm³/mol. The molecule has 2 rings (SSSR count). The van der Waals surface area contributed by atoms with E-state index in [0.717, 1.165) is 5.69 Å². The zero-order valence-electron chi connectivity index (χ0n) is 10.9. The molecule has 0 amide bonds. The number of carbonyl (C=O) groups is 1. The SMILES string of the molecule is CC(=O)c1cc(F)ccc1N(C)Cc1ccccn1. The zero-order valence-corrected chi connectivity index (χ0v) is 10.9. The Bertz CT molecular complexity index is 584. The Hall–Kier alpha value is -2.23. The van der Waals surface area contributed by atoms with Crippen LogP contribution in [0, 0.1) is 5.82 Å². The summed E-state index contributed by atoms with van der Waals surface area (Å²) in [4.78, 5) is 17.7. The predicted octanol–water partition coefficient (Wildman–Crippen LogP) is 3.06. The third-order valence-electron chi connectivity index (χ3n) is 2.87. The van der Waals surface area contributed by atoms with Gasteiger partial charge < -0.3 is 4.90 Å². The summed E-state index contributed by atoms with van der Waals surface area (Å²) < 4.78 is 13.2. The topological polar surface area (TPSA) is 33.2 Å². The number of anilines is 1. The van der Waals surface area contributed by atoms with Gasteiger partial charge in [-0.1, -0.05) is 6.07 Å². The van der Waals surface area contributed by atoms with E-state index < -0.39 is 5.82 Å². The molecule has 2 aromatic rings. The first-order valence-electron chi connectivity index (χ1n) is 5.99. The van der Waals surface area contributed by atoms with Gasteiger partial charge in [-0.25, -0.2) is 4.39 Å². The van der Waals surface area contributed by atoms with E-state index in [1.807, 2.05) is 30.1 Å². The average Bonchev–Trinajstić information content (AvgIpc) is 2.39. The van der Waals surface area contributed by atoms with E-state index in [9.17, 15) is 9.18 Å². The van der Waals surface area contributed by atoms with Crippen molar-refractivity contribution in [1.29, 1.82) is 0 Å². The molecule has 0 unspecified atom stereocenters. The standard InChI is InChI=1S/C15H15FN2O/c1-11(19)14-9-12(16)6-7-15(14)18(2)10-13-5-3-4-8-17-13/h3-9H,10H2,1-2H3. The Labute approximate surface area is 111 Å². The van der Waals surface area contributed by atoms with Crippen LogP contribution in [-0.4, -0.2) is 17.8 Å². The molecule has 0 bridgehead atoms. The highest BCUT2D eigenvalue weighted by molar-refractivity contribution is 5.99. The fraction of sp³-hybridized carbons (Fsp3) is 0.200. The lowest BCUT2D eigenvalue weighted by Gasteiger charge is -2.21. The number of aromatic nitrogens is 1. The smallest absolute Gasteiger partial charge is 0.161 e. The second kappa shape index (κ2) is 5.61. The monoisotopic (exact) mass is 258 g/mol. The Morgan fingerprint density at radius 1 is 1.32 bits per heavy atom. The van der Waals surface area contributed by atoms with Crippen LogP contribution in [0.5, 0.6) is 0 Å². The van der Waals surface area contributed by atoms with Gasteiger partial charge >= 0.3 is 0 Å². The van der Waals surface area contributed by atoms with E-state index >= 15 is 0 Å². The largest absolute Gasteiger partial charge is 0.368 e. The summed E-state index contributed by atoms with van der Waals surface area (Å²) in [5.74, 6) is -0.553. The van der Waals surface area contributed by atoms with E-state index in [0.29, 0.717) is 17.8 Å². The third-order valence-corrected chi connectivity index (χ3v) is 2.87. The van der Waals surface area contributed by atoms with Gasteiger partial charge in [-0.2, -0.15) is 0 Å². The van der Waals surface area contributed by atoms with Gasteiger partial charge in [-0.15, -0.1) is 0 Å². The van der Waals surface area contributed by atoms with Crippen molar-refractivity contribution < 1.29 is 9.18 Å². The van der Waals surface area contributed by atoms with Crippen molar-refractivity contribution in [1.82, 2.24) is 4.98 Å². The quantitative estimate of drug-likeness (QED) is 0.790. The maximum Gasteiger partial charge on any atom is 0.161 e. The van der Waals surface area contributed by atoms with Crippen LogP contribution < -0.4 is 4.90 Å². The zero-order chi connectivity index (χ0) is 13.8. The van der Waals surface area contributed by atoms with Gasteiger partial charge in [-0.3, -0.25) is 9.78 Å². The van der Waals surface area contributed by atoms with Crippen molar-refractivity contribution in [3.05, 3.63) is 59.7 Å². The molecule has 1 aromatic heterocycles. The molecule has 1 aromatic carbocycles. The van der Waals surface area contributed by atoms with Crippen molar-refractivity contribution in [2.45, 2.75) is 13.5 Å². The number of Topliss-reactive ketones (excluding diaryl/α,β-unsaturated/α-hetero) is 1. The van der Waals surface area contributed by atoms with Gasteiger partial charge in [-0.05, 0) is 37.3 Å².